The highest BCUT2D eigenvalue weighted by molar-refractivity contribution is 7.13. The molecule has 15 heteroatoms. The van der Waals surface area contributed by atoms with Crippen LogP contribution >= 0.6 is 11.3 Å². The van der Waals surface area contributed by atoms with Gasteiger partial charge in [0.05, 0.1) is 11.1 Å². The van der Waals surface area contributed by atoms with E-state index in [0.717, 1.165) is 29.8 Å². The molecule has 5 rings (SSSR count). The highest BCUT2D eigenvalue weighted by Crippen LogP contribution is 2.43. The molecule has 210 valence electrons. The van der Waals surface area contributed by atoms with Crippen LogP contribution in [0, 0.1) is 6.92 Å². The highest BCUT2D eigenvalue weighted by Gasteiger charge is 2.34. The number of nitrogens with zero attached hydrogens (tertiary/aromatic N) is 5. The van der Waals surface area contributed by atoms with E-state index < -0.39 is 17.9 Å². The van der Waals surface area contributed by atoms with Crippen molar-refractivity contribution in [3.63, 3.8) is 0 Å². The van der Waals surface area contributed by atoms with E-state index in [1.807, 2.05) is 0 Å². The third-order valence-corrected chi connectivity index (χ3v) is 6.83. The molecule has 4 aromatic rings. The first-order valence-corrected chi connectivity index (χ1v) is 13.4. The van der Waals surface area contributed by atoms with E-state index in [2.05, 4.69) is 41.1 Å². The van der Waals surface area contributed by atoms with E-state index >= 15 is 0 Å². The molecule has 1 aliphatic rings. The summed E-state index contributed by atoms with van der Waals surface area (Å²) in [4.78, 5) is 25.1. The molecular weight excluding hydrogens is 549 g/mol. The highest BCUT2D eigenvalue weighted by atomic mass is 32.1. The van der Waals surface area contributed by atoms with Crippen molar-refractivity contribution in [3.05, 3.63) is 41.5 Å². The van der Waals surface area contributed by atoms with Gasteiger partial charge in [-0.25, -0.2) is 9.78 Å². The Balaban J connectivity index is 1.70. The summed E-state index contributed by atoms with van der Waals surface area (Å²) in [6.07, 6.45) is -0.379. The number of aryl methyl sites for hydroxylation is 1. The number of amides is 2. The van der Waals surface area contributed by atoms with E-state index in [9.17, 15) is 18.0 Å². The molecule has 0 bridgehead atoms. The summed E-state index contributed by atoms with van der Waals surface area (Å²) in [6, 6.07) is 2.67. The molecule has 0 aromatic carbocycles. The van der Waals surface area contributed by atoms with Gasteiger partial charge in [-0.05, 0) is 45.0 Å². The fourth-order valence-corrected chi connectivity index (χ4v) is 4.99. The Morgan fingerprint density at radius 2 is 1.95 bits per heavy atom. The molecule has 0 aliphatic carbocycles. The van der Waals surface area contributed by atoms with Crippen molar-refractivity contribution in [2.45, 2.75) is 39.0 Å². The third-order valence-electron chi connectivity index (χ3n) is 5.95. The van der Waals surface area contributed by atoms with E-state index in [-0.39, 0.29) is 34.3 Å². The summed E-state index contributed by atoms with van der Waals surface area (Å²) in [5.74, 6) is 0.806. The largest absolute Gasteiger partial charge is 0.474 e. The van der Waals surface area contributed by atoms with Crippen molar-refractivity contribution in [2.24, 2.45) is 0 Å². The van der Waals surface area contributed by atoms with Crippen molar-refractivity contribution in [1.29, 1.82) is 0 Å². The van der Waals surface area contributed by atoms with Crippen LogP contribution < -0.4 is 20.7 Å². The number of urea groups is 1. The molecule has 1 fully saturated rings. The zero-order valence-corrected chi connectivity index (χ0v) is 22.3. The summed E-state index contributed by atoms with van der Waals surface area (Å²) < 4.78 is 52.4. The number of ether oxygens (including phenoxy) is 1. The summed E-state index contributed by atoms with van der Waals surface area (Å²) in [6.45, 7) is 5.25. The number of hydrogen-bond acceptors (Lipinski definition) is 10. The minimum Gasteiger partial charge on any atom is -0.474 e. The maximum absolute atomic E-state index is 13.5. The third kappa shape index (κ3) is 6.20. The Morgan fingerprint density at radius 3 is 2.62 bits per heavy atom. The van der Waals surface area contributed by atoms with Gasteiger partial charge in [-0.1, -0.05) is 0 Å². The maximum Gasteiger partial charge on any atom is 0.434 e. The van der Waals surface area contributed by atoms with Crippen molar-refractivity contribution in [3.8, 4) is 39.0 Å². The van der Waals surface area contributed by atoms with Gasteiger partial charge >= 0.3 is 12.2 Å². The molecule has 40 heavy (non-hydrogen) atoms. The van der Waals surface area contributed by atoms with Crippen molar-refractivity contribution in [1.82, 2.24) is 35.8 Å². The summed E-state index contributed by atoms with van der Waals surface area (Å²) in [5, 5.41) is 17.4. The second-order valence-electron chi connectivity index (χ2n) is 8.91. The van der Waals surface area contributed by atoms with Crippen LogP contribution in [0.25, 0.3) is 33.2 Å². The lowest BCUT2D eigenvalue weighted by Gasteiger charge is -2.25. The van der Waals surface area contributed by atoms with Crippen LogP contribution in [0.5, 0.6) is 5.88 Å². The SMILES string of the molecule is CCNC(=O)Nc1cc(-c2nc(C(F)(F)F)cs2)c(-c2cncc(-c3nnc(C)o3)c2)c(OC2CCNCC2)n1. The zero-order chi connectivity index (χ0) is 28.3. The number of aromatic nitrogens is 5. The van der Waals surface area contributed by atoms with Crippen LogP contribution in [0.2, 0.25) is 0 Å². The monoisotopic (exact) mass is 574 g/mol. The van der Waals surface area contributed by atoms with E-state index in [4.69, 9.17) is 9.15 Å². The number of pyridine rings is 2. The molecule has 2 amide bonds. The quantitative estimate of drug-likeness (QED) is 0.281. The lowest BCUT2D eigenvalue weighted by molar-refractivity contribution is -0.140. The van der Waals surface area contributed by atoms with Crippen LogP contribution in [0.1, 0.15) is 31.4 Å². The van der Waals surface area contributed by atoms with Crippen LogP contribution in [0.15, 0.2) is 34.3 Å². The van der Waals surface area contributed by atoms with Gasteiger partial charge in [0.2, 0.25) is 17.7 Å². The fraction of sp³-hybridized carbons (Fsp3) is 0.360. The minimum atomic E-state index is -4.63. The summed E-state index contributed by atoms with van der Waals surface area (Å²) in [7, 11) is 0. The summed E-state index contributed by atoms with van der Waals surface area (Å²) >= 11 is 0.821. The average molecular weight is 575 g/mol. The Hall–Kier alpha value is -4.11. The Bertz CT molecular complexity index is 1500. The number of alkyl halides is 3. The minimum absolute atomic E-state index is 0.0675. The number of carbonyl (C=O) groups excluding carboxylic acids is 1. The number of thiazole rings is 1. The van der Waals surface area contributed by atoms with Gasteiger partial charge in [-0.3, -0.25) is 10.3 Å². The molecule has 4 aromatic heterocycles. The predicted molar refractivity (Wildman–Crippen MR) is 141 cm³/mol. The van der Waals surface area contributed by atoms with E-state index in [1.54, 1.807) is 19.9 Å². The molecule has 0 radical (unpaired) electrons. The Kier molecular flexibility index (Phi) is 7.93. The normalized spacial score (nSPS) is 14.2. The van der Waals surface area contributed by atoms with Crippen LogP contribution in [-0.4, -0.2) is 56.9 Å². The second kappa shape index (κ2) is 11.6. The predicted octanol–water partition coefficient (Wildman–Crippen LogP) is 4.92. The molecule has 3 N–H and O–H groups in total. The first kappa shape index (κ1) is 27.5. The maximum atomic E-state index is 13.5. The second-order valence-corrected chi connectivity index (χ2v) is 9.77. The average Bonchev–Trinajstić information content (AvgIpc) is 3.59. The fourth-order valence-electron chi connectivity index (χ4n) is 4.15. The van der Waals surface area contributed by atoms with Gasteiger partial charge in [0.25, 0.3) is 0 Å². The molecule has 0 unspecified atom stereocenters. The molecule has 0 spiro atoms. The Morgan fingerprint density at radius 1 is 1.18 bits per heavy atom. The molecule has 1 saturated heterocycles. The van der Waals surface area contributed by atoms with Gasteiger partial charge in [0, 0.05) is 42.4 Å². The number of carbonyl (C=O) groups is 1. The lowest BCUT2D eigenvalue weighted by atomic mass is 10.0. The van der Waals surface area contributed by atoms with Gasteiger partial charge in [-0.15, -0.1) is 21.5 Å². The zero-order valence-electron chi connectivity index (χ0n) is 21.5. The molecule has 0 saturated carbocycles. The van der Waals surface area contributed by atoms with Crippen LogP contribution in [0.4, 0.5) is 23.8 Å². The number of rotatable bonds is 7. The van der Waals surface area contributed by atoms with Gasteiger partial charge in [-0.2, -0.15) is 18.2 Å². The van der Waals surface area contributed by atoms with E-state index in [1.165, 1.54) is 18.5 Å². The number of halogens is 3. The van der Waals surface area contributed by atoms with Gasteiger partial charge < -0.3 is 19.8 Å². The molecule has 0 atom stereocenters. The smallest absolute Gasteiger partial charge is 0.434 e. The lowest BCUT2D eigenvalue weighted by Crippen LogP contribution is -2.34. The van der Waals surface area contributed by atoms with Crippen molar-refractivity contribution in [2.75, 3.05) is 25.0 Å². The number of nitrogens with one attached hydrogen (secondary N) is 3. The molecule has 5 heterocycles. The Labute approximate surface area is 230 Å². The summed E-state index contributed by atoms with van der Waals surface area (Å²) in [5.41, 5.74) is 0.604. The number of hydrogen-bond donors (Lipinski definition) is 3. The van der Waals surface area contributed by atoms with E-state index in [0.29, 0.717) is 42.0 Å². The molecule has 1 aliphatic heterocycles. The van der Waals surface area contributed by atoms with Crippen LogP contribution in [0.3, 0.4) is 0 Å². The van der Waals surface area contributed by atoms with Crippen molar-refractivity contribution >= 4 is 23.2 Å². The topological polar surface area (TPSA) is 140 Å². The molecular formula is C25H25F3N8O3S. The molecule has 11 nitrogen and oxygen atoms in total. The number of anilines is 1. The first-order valence-electron chi connectivity index (χ1n) is 12.5. The van der Waals surface area contributed by atoms with Gasteiger partial charge in [0.1, 0.15) is 16.9 Å². The van der Waals surface area contributed by atoms with Crippen molar-refractivity contribution < 1.29 is 27.1 Å². The van der Waals surface area contributed by atoms with Gasteiger partial charge in [0.15, 0.2) is 5.69 Å². The number of piperidine rings is 1. The standard InChI is InChI=1S/C25H25F3N8O3S/c1-3-31-24(37)34-19-9-17(23-32-18(12-40-23)25(26,27)28)20(22(33-19)39-16-4-6-29-7-5-16)14-8-15(11-30-10-14)21-36-35-13(2)38-21/h8-12,16,29H,3-7H2,1-2H3,(H2,31,33,34,37). The van der Waals surface area contributed by atoms with Crippen LogP contribution in [-0.2, 0) is 6.18 Å². The first-order chi connectivity index (χ1) is 19.2.